The lowest BCUT2D eigenvalue weighted by molar-refractivity contribution is 0.432. The molecule has 1 aromatic carbocycles. The summed E-state index contributed by atoms with van der Waals surface area (Å²) >= 11 is 0. The Kier molecular flexibility index (Phi) is 2.26. The number of nitrogens with one attached hydrogen (secondary N) is 1. The lowest BCUT2D eigenvalue weighted by atomic mass is 10.2. The van der Waals surface area contributed by atoms with Crippen molar-refractivity contribution in [1.82, 2.24) is 25.6 Å². The Bertz CT molecular complexity index is 678. The fourth-order valence-corrected chi connectivity index (χ4v) is 1.43. The quantitative estimate of drug-likeness (QED) is 0.659. The van der Waals surface area contributed by atoms with E-state index >= 15 is 0 Å². The molecule has 0 amide bonds. The highest BCUT2D eigenvalue weighted by molar-refractivity contribution is 5.61. The molecule has 0 saturated carbocycles. The van der Waals surface area contributed by atoms with Crippen LogP contribution in [-0.4, -0.2) is 25.6 Å². The average molecular weight is 246 g/mol. The number of H-pyrrole nitrogens is 1. The minimum Gasteiger partial charge on any atom is -0.396 e. The van der Waals surface area contributed by atoms with E-state index in [0.29, 0.717) is 17.1 Å². The molecule has 8 heteroatoms. The van der Waals surface area contributed by atoms with Crippen LogP contribution in [0.25, 0.3) is 23.0 Å². The number of anilines is 1. The molecular formula is C10H7FN6O. The van der Waals surface area contributed by atoms with Gasteiger partial charge >= 0.3 is 0 Å². The molecule has 2 heterocycles. The van der Waals surface area contributed by atoms with E-state index in [9.17, 15) is 4.39 Å². The van der Waals surface area contributed by atoms with Crippen molar-refractivity contribution in [3.8, 4) is 23.0 Å². The first kappa shape index (κ1) is 10.4. The molecule has 3 aromatic rings. The fraction of sp³-hybridized carbons (Fsp3) is 0. The van der Waals surface area contributed by atoms with E-state index in [2.05, 4.69) is 25.6 Å². The second-order valence-corrected chi connectivity index (χ2v) is 3.51. The van der Waals surface area contributed by atoms with Crippen LogP contribution in [0.15, 0.2) is 28.9 Å². The first-order chi connectivity index (χ1) is 8.74. The minimum absolute atomic E-state index is 0.0219. The zero-order valence-corrected chi connectivity index (χ0v) is 8.96. The minimum atomic E-state index is -0.491. The third-order valence-corrected chi connectivity index (χ3v) is 2.31. The van der Waals surface area contributed by atoms with Crippen LogP contribution < -0.4 is 5.73 Å². The third kappa shape index (κ3) is 1.69. The molecule has 3 rings (SSSR count). The Morgan fingerprint density at radius 1 is 1.33 bits per heavy atom. The van der Waals surface area contributed by atoms with Crippen molar-refractivity contribution in [2.24, 2.45) is 0 Å². The zero-order valence-electron chi connectivity index (χ0n) is 8.96. The van der Waals surface area contributed by atoms with Gasteiger partial charge in [-0.1, -0.05) is 5.16 Å². The number of hydrogen-bond donors (Lipinski definition) is 2. The molecule has 0 bridgehead atoms. The second kappa shape index (κ2) is 3.91. The summed E-state index contributed by atoms with van der Waals surface area (Å²) in [6.45, 7) is 0. The Morgan fingerprint density at radius 2 is 2.22 bits per heavy atom. The Labute approximate surface area is 99.8 Å². The summed E-state index contributed by atoms with van der Waals surface area (Å²) in [6.07, 6.45) is 1.47. The number of aromatic nitrogens is 5. The Hall–Kier alpha value is -2.77. The first-order valence-electron chi connectivity index (χ1n) is 4.99. The van der Waals surface area contributed by atoms with Gasteiger partial charge in [-0.2, -0.15) is 20.4 Å². The maximum atomic E-state index is 13.0. The van der Waals surface area contributed by atoms with Gasteiger partial charge in [0.05, 0.1) is 11.9 Å². The van der Waals surface area contributed by atoms with E-state index in [0.717, 1.165) is 0 Å². The first-order valence-corrected chi connectivity index (χ1v) is 4.99. The van der Waals surface area contributed by atoms with Gasteiger partial charge in [0.25, 0.3) is 5.89 Å². The summed E-state index contributed by atoms with van der Waals surface area (Å²) in [7, 11) is 0. The number of nitrogens with zero attached hydrogens (tertiary/aromatic N) is 4. The molecule has 0 aliphatic heterocycles. The average Bonchev–Trinajstić information content (AvgIpc) is 3.01. The monoisotopic (exact) mass is 246 g/mol. The van der Waals surface area contributed by atoms with Crippen molar-refractivity contribution in [1.29, 1.82) is 0 Å². The molecule has 0 unspecified atom stereocenters. The summed E-state index contributed by atoms with van der Waals surface area (Å²) in [6, 6.07) is 4.17. The van der Waals surface area contributed by atoms with Crippen LogP contribution in [0.2, 0.25) is 0 Å². The normalized spacial score (nSPS) is 10.7. The number of aromatic amines is 1. The SMILES string of the molecule is Nc1cc(-c2nc(-c3cn[nH]n3)no2)ccc1F. The molecule has 18 heavy (non-hydrogen) atoms. The molecule has 90 valence electrons. The van der Waals surface area contributed by atoms with Crippen molar-refractivity contribution in [3.63, 3.8) is 0 Å². The van der Waals surface area contributed by atoms with Crippen LogP contribution >= 0.6 is 0 Å². The molecular weight excluding hydrogens is 239 g/mol. The van der Waals surface area contributed by atoms with Crippen molar-refractivity contribution in [2.45, 2.75) is 0 Å². The number of benzene rings is 1. The van der Waals surface area contributed by atoms with Gasteiger partial charge in [0.15, 0.2) is 5.69 Å². The summed E-state index contributed by atoms with van der Waals surface area (Å²) in [4.78, 5) is 4.12. The number of nitrogens with two attached hydrogens (primary N) is 1. The van der Waals surface area contributed by atoms with Crippen LogP contribution in [0.3, 0.4) is 0 Å². The van der Waals surface area contributed by atoms with Crippen LogP contribution in [0, 0.1) is 5.82 Å². The molecule has 0 radical (unpaired) electrons. The number of hydrogen-bond acceptors (Lipinski definition) is 6. The Morgan fingerprint density at radius 3 is 2.94 bits per heavy atom. The molecule has 0 fully saturated rings. The molecule has 0 saturated heterocycles. The van der Waals surface area contributed by atoms with E-state index in [-0.39, 0.29) is 11.6 Å². The van der Waals surface area contributed by atoms with Crippen molar-refractivity contribution in [3.05, 3.63) is 30.2 Å². The summed E-state index contributed by atoms with van der Waals surface area (Å²) in [5.74, 6) is 0.0383. The third-order valence-electron chi connectivity index (χ3n) is 2.31. The lowest BCUT2D eigenvalue weighted by Crippen LogP contribution is -1.90. The molecule has 0 aliphatic carbocycles. The maximum Gasteiger partial charge on any atom is 0.258 e. The van der Waals surface area contributed by atoms with Gasteiger partial charge < -0.3 is 10.3 Å². The zero-order chi connectivity index (χ0) is 12.5. The van der Waals surface area contributed by atoms with E-state index < -0.39 is 5.82 Å². The predicted molar refractivity (Wildman–Crippen MR) is 59.5 cm³/mol. The number of halogens is 1. The molecule has 0 spiro atoms. The van der Waals surface area contributed by atoms with Crippen LogP contribution in [0.1, 0.15) is 0 Å². The standard InChI is InChI=1S/C10H7FN6O/c11-6-2-1-5(3-7(6)12)10-14-9(16-18-10)8-4-13-17-15-8/h1-4H,12H2,(H,13,15,17). The number of nitrogen functional groups attached to an aromatic ring is 1. The topological polar surface area (TPSA) is 107 Å². The fourth-order valence-electron chi connectivity index (χ4n) is 1.43. The summed E-state index contributed by atoms with van der Waals surface area (Å²) in [5.41, 5.74) is 6.49. The van der Waals surface area contributed by atoms with Crippen LogP contribution in [-0.2, 0) is 0 Å². The van der Waals surface area contributed by atoms with Gasteiger partial charge in [-0.05, 0) is 18.2 Å². The van der Waals surface area contributed by atoms with Gasteiger partial charge in [0.2, 0.25) is 5.82 Å². The maximum absolute atomic E-state index is 13.0. The van der Waals surface area contributed by atoms with Crippen molar-refractivity contribution >= 4 is 5.69 Å². The molecule has 2 aromatic heterocycles. The molecule has 3 N–H and O–H groups in total. The van der Waals surface area contributed by atoms with Crippen LogP contribution in [0.4, 0.5) is 10.1 Å². The van der Waals surface area contributed by atoms with Crippen molar-refractivity contribution in [2.75, 3.05) is 5.73 Å². The highest BCUT2D eigenvalue weighted by Gasteiger charge is 2.13. The predicted octanol–water partition coefficient (Wildman–Crippen LogP) is 1.24. The van der Waals surface area contributed by atoms with Gasteiger partial charge in [0.1, 0.15) is 5.82 Å². The largest absolute Gasteiger partial charge is 0.396 e. The summed E-state index contributed by atoms with van der Waals surface area (Å²) in [5, 5.41) is 13.6. The van der Waals surface area contributed by atoms with E-state index in [1.165, 1.54) is 24.4 Å². The molecule has 0 aliphatic rings. The van der Waals surface area contributed by atoms with Gasteiger partial charge in [-0.3, -0.25) is 0 Å². The molecule has 0 atom stereocenters. The van der Waals surface area contributed by atoms with Gasteiger partial charge in [-0.15, -0.1) is 0 Å². The second-order valence-electron chi connectivity index (χ2n) is 3.51. The lowest BCUT2D eigenvalue weighted by Gasteiger charge is -1.97. The smallest absolute Gasteiger partial charge is 0.258 e. The van der Waals surface area contributed by atoms with Crippen LogP contribution in [0.5, 0.6) is 0 Å². The van der Waals surface area contributed by atoms with Gasteiger partial charge in [-0.25, -0.2) is 4.39 Å². The molecule has 7 nitrogen and oxygen atoms in total. The van der Waals surface area contributed by atoms with Gasteiger partial charge in [0, 0.05) is 5.56 Å². The Balaban J connectivity index is 2.00. The van der Waals surface area contributed by atoms with Crippen molar-refractivity contribution < 1.29 is 8.91 Å². The van der Waals surface area contributed by atoms with E-state index in [1.54, 1.807) is 0 Å². The van der Waals surface area contributed by atoms with E-state index in [4.69, 9.17) is 10.3 Å². The highest BCUT2D eigenvalue weighted by Crippen LogP contribution is 2.23. The number of rotatable bonds is 2. The van der Waals surface area contributed by atoms with E-state index in [1.807, 2.05) is 0 Å². The summed E-state index contributed by atoms with van der Waals surface area (Å²) < 4.78 is 18.1. The highest BCUT2D eigenvalue weighted by atomic mass is 19.1.